The first-order chi connectivity index (χ1) is 13.4. The zero-order valence-electron chi connectivity index (χ0n) is 15.1. The highest BCUT2D eigenvalue weighted by atomic mass is 32.2. The number of likely N-dealkylation sites (N-methyl/N-ethyl adjacent to an activating group) is 1. The van der Waals surface area contributed by atoms with Crippen LogP contribution < -0.4 is 0 Å². The molecule has 0 unspecified atom stereocenters. The summed E-state index contributed by atoms with van der Waals surface area (Å²) in [4.78, 5) is 41.4. The van der Waals surface area contributed by atoms with Crippen molar-refractivity contribution in [2.45, 2.75) is 0 Å². The van der Waals surface area contributed by atoms with Crippen LogP contribution >= 0.6 is 11.8 Å². The van der Waals surface area contributed by atoms with Crippen molar-refractivity contribution in [3.05, 3.63) is 70.1 Å². The number of thioether (sulfide) groups is 1. The standard InChI is InChI=1S/C20H16N2O5S/c1-22-17(23)16(10-12-6-8-13(9-7-12)19(26)27-2)28-20(22)21-15-5-3-4-14(11-15)18(24)25/h3-11H,1-2H3,(H,24,25)/b16-10+,21-20?. The Morgan fingerprint density at radius 1 is 1.14 bits per heavy atom. The number of amidine groups is 1. The number of carbonyl (C=O) groups is 3. The van der Waals surface area contributed by atoms with Crippen molar-refractivity contribution in [1.82, 2.24) is 4.90 Å². The number of nitrogens with zero attached hydrogens (tertiary/aromatic N) is 2. The van der Waals surface area contributed by atoms with Crippen LogP contribution in [0.2, 0.25) is 0 Å². The molecule has 3 rings (SSSR count). The van der Waals surface area contributed by atoms with Crippen LogP contribution in [0.5, 0.6) is 0 Å². The molecule has 0 radical (unpaired) electrons. The number of rotatable bonds is 4. The molecule has 0 bridgehead atoms. The predicted molar refractivity (Wildman–Crippen MR) is 107 cm³/mol. The van der Waals surface area contributed by atoms with Gasteiger partial charge in [0, 0.05) is 7.05 Å². The van der Waals surface area contributed by atoms with E-state index in [1.165, 1.54) is 35.9 Å². The van der Waals surface area contributed by atoms with E-state index < -0.39 is 11.9 Å². The van der Waals surface area contributed by atoms with Crippen LogP contribution in [0, 0.1) is 0 Å². The molecule has 1 saturated heterocycles. The van der Waals surface area contributed by atoms with Crippen molar-refractivity contribution in [2.75, 3.05) is 14.2 Å². The summed E-state index contributed by atoms with van der Waals surface area (Å²) in [5.74, 6) is -1.68. The van der Waals surface area contributed by atoms with Crippen molar-refractivity contribution >= 4 is 46.5 Å². The average molecular weight is 396 g/mol. The third kappa shape index (κ3) is 4.12. The maximum atomic E-state index is 12.5. The highest BCUT2D eigenvalue weighted by Crippen LogP contribution is 2.33. The number of hydrogen-bond acceptors (Lipinski definition) is 6. The topological polar surface area (TPSA) is 96.3 Å². The number of ether oxygens (including phenoxy) is 1. The van der Waals surface area contributed by atoms with Gasteiger partial charge in [0.05, 0.1) is 28.8 Å². The maximum Gasteiger partial charge on any atom is 0.337 e. The van der Waals surface area contributed by atoms with Gasteiger partial charge in [-0.15, -0.1) is 0 Å². The van der Waals surface area contributed by atoms with E-state index >= 15 is 0 Å². The molecule has 1 aliphatic heterocycles. The molecule has 0 spiro atoms. The third-order valence-corrected chi connectivity index (χ3v) is 5.01. The fourth-order valence-electron chi connectivity index (χ4n) is 2.46. The second-order valence-corrected chi connectivity index (χ2v) is 6.85. The summed E-state index contributed by atoms with van der Waals surface area (Å²) in [6.45, 7) is 0. The summed E-state index contributed by atoms with van der Waals surface area (Å²) in [6.07, 6.45) is 1.71. The minimum absolute atomic E-state index is 0.125. The van der Waals surface area contributed by atoms with E-state index in [0.29, 0.717) is 21.3 Å². The van der Waals surface area contributed by atoms with Gasteiger partial charge in [0.2, 0.25) is 0 Å². The molecule has 1 fully saturated rings. The normalized spacial score (nSPS) is 16.6. The zero-order chi connectivity index (χ0) is 20.3. The molecule has 8 heteroatoms. The van der Waals surface area contributed by atoms with Crippen molar-refractivity contribution in [2.24, 2.45) is 4.99 Å². The molecule has 7 nitrogen and oxygen atoms in total. The fraction of sp³-hybridized carbons (Fsp3) is 0.100. The quantitative estimate of drug-likeness (QED) is 0.628. The zero-order valence-corrected chi connectivity index (χ0v) is 15.9. The van der Waals surface area contributed by atoms with Crippen LogP contribution in [0.25, 0.3) is 6.08 Å². The highest BCUT2D eigenvalue weighted by Gasteiger charge is 2.30. The number of methoxy groups -OCH3 is 1. The second-order valence-electron chi connectivity index (χ2n) is 5.84. The Bertz CT molecular complexity index is 1010. The minimum atomic E-state index is -1.04. The summed E-state index contributed by atoms with van der Waals surface area (Å²) in [5.41, 5.74) is 1.75. The van der Waals surface area contributed by atoms with Gasteiger partial charge in [-0.2, -0.15) is 0 Å². The number of aromatic carboxylic acids is 1. The second kappa shape index (κ2) is 8.10. The lowest BCUT2D eigenvalue weighted by molar-refractivity contribution is -0.121. The van der Waals surface area contributed by atoms with Gasteiger partial charge in [0.1, 0.15) is 0 Å². The van der Waals surface area contributed by atoms with E-state index in [1.807, 2.05) is 0 Å². The van der Waals surface area contributed by atoms with Crippen LogP contribution in [0.1, 0.15) is 26.3 Å². The molecule has 0 aliphatic carbocycles. The minimum Gasteiger partial charge on any atom is -0.478 e. The van der Waals surface area contributed by atoms with E-state index in [0.717, 1.165) is 5.56 Å². The summed E-state index contributed by atoms with van der Waals surface area (Å²) >= 11 is 1.19. The molecule has 28 heavy (non-hydrogen) atoms. The van der Waals surface area contributed by atoms with Crippen molar-refractivity contribution < 1.29 is 24.2 Å². The molecule has 0 atom stereocenters. The Kier molecular flexibility index (Phi) is 5.60. The van der Waals surface area contributed by atoms with Gasteiger partial charge < -0.3 is 9.84 Å². The molecule has 0 aromatic heterocycles. The van der Waals surface area contributed by atoms with Crippen LogP contribution in [0.15, 0.2) is 58.4 Å². The molecule has 2 aromatic carbocycles. The Morgan fingerprint density at radius 2 is 1.86 bits per heavy atom. The summed E-state index contributed by atoms with van der Waals surface area (Å²) in [5, 5.41) is 9.53. The van der Waals surface area contributed by atoms with Crippen molar-refractivity contribution in [3.8, 4) is 0 Å². The maximum absolute atomic E-state index is 12.5. The lowest BCUT2D eigenvalue weighted by atomic mass is 10.1. The average Bonchev–Trinajstić information content (AvgIpc) is 2.96. The van der Waals surface area contributed by atoms with Gasteiger partial charge in [-0.3, -0.25) is 9.69 Å². The van der Waals surface area contributed by atoms with Crippen LogP contribution in [0.3, 0.4) is 0 Å². The van der Waals surface area contributed by atoms with Gasteiger partial charge >= 0.3 is 11.9 Å². The lowest BCUT2D eigenvalue weighted by Crippen LogP contribution is -2.23. The number of esters is 1. The fourth-order valence-corrected chi connectivity index (χ4v) is 3.44. The first-order valence-electron chi connectivity index (χ1n) is 8.17. The van der Waals surface area contributed by atoms with E-state index in [-0.39, 0.29) is 11.5 Å². The van der Waals surface area contributed by atoms with Gasteiger partial charge in [-0.25, -0.2) is 14.6 Å². The third-order valence-electron chi connectivity index (χ3n) is 3.95. The number of carbonyl (C=O) groups excluding carboxylic acids is 2. The van der Waals surface area contributed by atoms with Gasteiger partial charge in [-0.1, -0.05) is 18.2 Å². The Hall–Kier alpha value is -3.39. The summed E-state index contributed by atoms with van der Waals surface area (Å²) in [6, 6.07) is 12.9. The molecular weight excluding hydrogens is 380 g/mol. The van der Waals surface area contributed by atoms with Crippen molar-refractivity contribution in [1.29, 1.82) is 0 Å². The first kappa shape index (κ1) is 19.4. The SMILES string of the molecule is COC(=O)c1ccc(/C=C2/SC(=Nc3cccc(C(=O)O)c3)N(C)C2=O)cc1. The summed E-state index contributed by atoms with van der Waals surface area (Å²) < 4.78 is 4.66. The molecule has 0 saturated carbocycles. The number of carboxylic acids is 1. The van der Waals surface area contributed by atoms with E-state index in [4.69, 9.17) is 5.11 Å². The van der Waals surface area contributed by atoms with Gasteiger partial charge in [0.15, 0.2) is 5.17 Å². The van der Waals surface area contributed by atoms with Crippen LogP contribution in [0.4, 0.5) is 5.69 Å². The molecule has 1 heterocycles. The number of hydrogen-bond donors (Lipinski definition) is 1. The number of benzene rings is 2. The number of carboxylic acid groups (broad SMARTS) is 1. The Balaban J connectivity index is 1.85. The Morgan fingerprint density at radius 3 is 2.50 bits per heavy atom. The molecule has 1 amide bonds. The van der Waals surface area contributed by atoms with Crippen LogP contribution in [-0.2, 0) is 9.53 Å². The lowest BCUT2D eigenvalue weighted by Gasteiger charge is -2.07. The predicted octanol–water partition coefficient (Wildman–Crippen LogP) is 3.41. The Labute approximate surface area is 165 Å². The van der Waals surface area contributed by atoms with Gasteiger partial charge in [-0.05, 0) is 53.7 Å². The van der Waals surface area contributed by atoms with E-state index in [9.17, 15) is 14.4 Å². The van der Waals surface area contributed by atoms with E-state index in [1.54, 1.807) is 49.5 Å². The van der Waals surface area contributed by atoms with Crippen molar-refractivity contribution in [3.63, 3.8) is 0 Å². The molecular formula is C20H16N2O5S. The monoisotopic (exact) mass is 396 g/mol. The summed E-state index contributed by atoms with van der Waals surface area (Å²) in [7, 11) is 2.92. The van der Waals surface area contributed by atoms with E-state index in [2.05, 4.69) is 9.73 Å². The number of aliphatic imine (C=N–C) groups is 1. The molecule has 1 N–H and O–H groups in total. The highest BCUT2D eigenvalue weighted by molar-refractivity contribution is 8.18. The van der Waals surface area contributed by atoms with Gasteiger partial charge in [0.25, 0.3) is 5.91 Å². The molecule has 142 valence electrons. The molecule has 1 aliphatic rings. The van der Waals surface area contributed by atoms with Crippen LogP contribution in [-0.4, -0.2) is 47.2 Å². The molecule has 2 aromatic rings. The first-order valence-corrected chi connectivity index (χ1v) is 8.98. The largest absolute Gasteiger partial charge is 0.478 e. The number of amides is 1. The smallest absolute Gasteiger partial charge is 0.337 e.